The van der Waals surface area contributed by atoms with Gasteiger partial charge >= 0.3 is 0 Å². The van der Waals surface area contributed by atoms with Crippen molar-refractivity contribution in [2.75, 3.05) is 20.6 Å². The number of fused-ring (bicyclic) bond motifs is 1. The topological polar surface area (TPSA) is 20.3 Å². The fourth-order valence-corrected chi connectivity index (χ4v) is 2.83. The number of carbonyl (C=O) groups is 1. The van der Waals surface area contributed by atoms with Crippen LogP contribution in [0.4, 0.5) is 0 Å². The first kappa shape index (κ1) is 12.3. The van der Waals surface area contributed by atoms with E-state index in [-0.39, 0.29) is 5.78 Å². The second kappa shape index (κ2) is 5.43. The molecule has 0 radical (unpaired) electrons. The minimum atomic E-state index is 0.271. The molecule has 0 saturated heterocycles. The van der Waals surface area contributed by atoms with E-state index < -0.39 is 0 Å². The molecule has 0 aliphatic rings. The number of thiophene rings is 1. The van der Waals surface area contributed by atoms with E-state index in [2.05, 4.69) is 17.0 Å². The summed E-state index contributed by atoms with van der Waals surface area (Å²) in [4.78, 5) is 15.0. The molecule has 2 nitrogen and oxygen atoms in total. The smallest absolute Gasteiger partial charge is 0.172 e. The highest BCUT2D eigenvalue weighted by Crippen LogP contribution is 2.26. The lowest BCUT2D eigenvalue weighted by Gasteiger charge is -2.07. The number of carbonyl (C=O) groups excluding carboxylic acids is 1. The summed E-state index contributed by atoms with van der Waals surface area (Å²) in [5, 5.41) is 1.17. The number of benzene rings is 1. The number of hydrogen-bond donors (Lipinski definition) is 0. The third-order valence-corrected chi connectivity index (χ3v) is 3.87. The second-order valence-corrected chi connectivity index (χ2v) is 5.56. The number of nitrogens with zero attached hydrogens (tertiary/aromatic N) is 1. The Bertz CT molecular complexity index is 483. The summed E-state index contributed by atoms with van der Waals surface area (Å²) in [5.74, 6) is 0.271. The van der Waals surface area contributed by atoms with Crippen LogP contribution >= 0.6 is 11.3 Å². The fraction of sp³-hybridized carbons (Fsp3) is 0.357. The van der Waals surface area contributed by atoms with E-state index in [1.54, 1.807) is 11.3 Å². The van der Waals surface area contributed by atoms with Gasteiger partial charge in [0, 0.05) is 11.1 Å². The largest absolute Gasteiger partial charge is 0.309 e. The van der Waals surface area contributed by atoms with Crippen molar-refractivity contribution in [3.05, 3.63) is 35.2 Å². The van der Waals surface area contributed by atoms with Crippen molar-refractivity contribution < 1.29 is 4.79 Å². The van der Waals surface area contributed by atoms with Gasteiger partial charge in [-0.3, -0.25) is 4.79 Å². The Morgan fingerprint density at radius 1 is 1.29 bits per heavy atom. The van der Waals surface area contributed by atoms with Crippen molar-refractivity contribution in [2.45, 2.75) is 12.8 Å². The molecule has 2 aromatic rings. The third-order valence-electron chi connectivity index (χ3n) is 2.71. The molecule has 3 heteroatoms. The van der Waals surface area contributed by atoms with Gasteiger partial charge in [-0.1, -0.05) is 18.2 Å². The Labute approximate surface area is 106 Å². The molecule has 0 unspecified atom stereocenters. The molecule has 0 atom stereocenters. The predicted molar refractivity (Wildman–Crippen MR) is 73.9 cm³/mol. The van der Waals surface area contributed by atoms with Gasteiger partial charge in [-0.25, -0.2) is 0 Å². The molecule has 0 fully saturated rings. The molecule has 90 valence electrons. The van der Waals surface area contributed by atoms with Gasteiger partial charge in [0.25, 0.3) is 0 Å². The van der Waals surface area contributed by atoms with Gasteiger partial charge in [-0.05, 0) is 44.6 Å². The molecular weight excluding hydrogens is 230 g/mol. The van der Waals surface area contributed by atoms with Crippen LogP contribution in [0.2, 0.25) is 0 Å². The maximum atomic E-state index is 12.0. The van der Waals surface area contributed by atoms with E-state index >= 15 is 0 Å². The molecule has 0 aliphatic carbocycles. The second-order valence-electron chi connectivity index (χ2n) is 4.48. The van der Waals surface area contributed by atoms with Crippen molar-refractivity contribution in [3.63, 3.8) is 0 Å². The average Bonchev–Trinajstić information content (AvgIpc) is 2.71. The number of Topliss-reactive ketones (excluding diaryl/α,β-unsaturated/α-hetero) is 1. The first-order valence-electron chi connectivity index (χ1n) is 5.83. The van der Waals surface area contributed by atoms with Gasteiger partial charge in [0.15, 0.2) is 5.78 Å². The fourth-order valence-electron chi connectivity index (χ4n) is 1.80. The Morgan fingerprint density at radius 2 is 2.06 bits per heavy atom. The molecule has 0 N–H and O–H groups in total. The monoisotopic (exact) mass is 247 g/mol. The molecule has 17 heavy (non-hydrogen) atoms. The lowest BCUT2D eigenvalue weighted by Crippen LogP contribution is -2.14. The van der Waals surface area contributed by atoms with Gasteiger partial charge in [0.2, 0.25) is 0 Å². The minimum Gasteiger partial charge on any atom is -0.309 e. The SMILES string of the molecule is CN(C)CCCC(=O)c1cc2ccccc2s1. The predicted octanol–water partition coefficient (Wildman–Crippen LogP) is 3.43. The summed E-state index contributed by atoms with van der Waals surface area (Å²) < 4.78 is 1.20. The molecule has 0 aliphatic heterocycles. The van der Waals surface area contributed by atoms with E-state index in [1.165, 1.54) is 10.1 Å². The molecule has 2 rings (SSSR count). The van der Waals surface area contributed by atoms with Gasteiger partial charge in [-0.2, -0.15) is 0 Å². The van der Waals surface area contributed by atoms with Crippen LogP contribution in [0, 0.1) is 0 Å². The zero-order valence-corrected chi connectivity index (χ0v) is 11.1. The van der Waals surface area contributed by atoms with Crippen molar-refractivity contribution >= 4 is 27.2 Å². The van der Waals surface area contributed by atoms with E-state index in [0.29, 0.717) is 6.42 Å². The Morgan fingerprint density at radius 3 is 2.76 bits per heavy atom. The minimum absolute atomic E-state index is 0.271. The van der Waals surface area contributed by atoms with Crippen molar-refractivity contribution in [3.8, 4) is 0 Å². The van der Waals surface area contributed by atoms with Crippen molar-refractivity contribution in [1.29, 1.82) is 0 Å². The van der Waals surface area contributed by atoms with Crippen molar-refractivity contribution in [1.82, 2.24) is 4.90 Å². The number of hydrogen-bond acceptors (Lipinski definition) is 3. The van der Waals surface area contributed by atoms with Crippen molar-refractivity contribution in [2.24, 2.45) is 0 Å². The van der Waals surface area contributed by atoms with Crippen LogP contribution < -0.4 is 0 Å². The van der Waals surface area contributed by atoms with E-state index in [9.17, 15) is 4.79 Å². The Balaban J connectivity index is 2.04. The Hall–Kier alpha value is -1.19. The van der Waals surface area contributed by atoms with Crippen LogP contribution in [0.1, 0.15) is 22.5 Å². The molecular formula is C14H17NOS. The average molecular weight is 247 g/mol. The molecule has 0 bridgehead atoms. The number of rotatable bonds is 5. The van der Waals surface area contributed by atoms with Gasteiger partial charge in [0.1, 0.15) is 0 Å². The quantitative estimate of drug-likeness (QED) is 0.754. The molecule has 0 amide bonds. The maximum Gasteiger partial charge on any atom is 0.172 e. The highest BCUT2D eigenvalue weighted by Gasteiger charge is 2.09. The first-order valence-corrected chi connectivity index (χ1v) is 6.65. The third kappa shape index (κ3) is 3.14. The van der Waals surface area contributed by atoms with Crippen LogP contribution in [0.3, 0.4) is 0 Å². The lowest BCUT2D eigenvalue weighted by molar-refractivity contribution is 0.0981. The van der Waals surface area contributed by atoms with Crippen LogP contribution in [-0.2, 0) is 0 Å². The van der Waals surface area contributed by atoms with Crippen LogP contribution in [0.15, 0.2) is 30.3 Å². The highest BCUT2D eigenvalue weighted by molar-refractivity contribution is 7.20. The normalized spacial score (nSPS) is 11.2. The zero-order valence-electron chi connectivity index (χ0n) is 10.3. The summed E-state index contributed by atoms with van der Waals surface area (Å²) >= 11 is 1.60. The number of ketones is 1. The van der Waals surface area contributed by atoms with E-state index in [0.717, 1.165) is 17.8 Å². The van der Waals surface area contributed by atoms with Crippen LogP contribution in [-0.4, -0.2) is 31.3 Å². The molecule has 0 saturated carbocycles. The molecule has 1 aromatic carbocycles. The van der Waals surface area contributed by atoms with Gasteiger partial charge in [-0.15, -0.1) is 11.3 Å². The first-order chi connectivity index (χ1) is 8.16. The summed E-state index contributed by atoms with van der Waals surface area (Å²) in [6.45, 7) is 0.969. The summed E-state index contributed by atoms with van der Waals surface area (Å²) in [6.07, 6.45) is 1.57. The summed E-state index contributed by atoms with van der Waals surface area (Å²) in [5.41, 5.74) is 0. The molecule has 1 aromatic heterocycles. The maximum absolute atomic E-state index is 12.0. The van der Waals surface area contributed by atoms with Crippen LogP contribution in [0.25, 0.3) is 10.1 Å². The van der Waals surface area contributed by atoms with E-state index in [1.807, 2.05) is 32.3 Å². The van der Waals surface area contributed by atoms with Gasteiger partial charge < -0.3 is 4.90 Å². The van der Waals surface area contributed by atoms with E-state index in [4.69, 9.17) is 0 Å². The van der Waals surface area contributed by atoms with Crippen LogP contribution in [0.5, 0.6) is 0 Å². The lowest BCUT2D eigenvalue weighted by atomic mass is 10.1. The molecule has 0 spiro atoms. The Kier molecular flexibility index (Phi) is 3.92. The summed E-state index contributed by atoms with van der Waals surface area (Å²) in [7, 11) is 4.06. The standard InChI is InChI=1S/C14H17NOS/c1-15(2)9-5-7-12(16)14-10-11-6-3-4-8-13(11)17-14/h3-4,6,8,10H,5,7,9H2,1-2H3. The highest BCUT2D eigenvalue weighted by atomic mass is 32.1. The summed E-state index contributed by atoms with van der Waals surface area (Å²) in [6, 6.07) is 10.2. The van der Waals surface area contributed by atoms with Gasteiger partial charge in [0.05, 0.1) is 4.88 Å². The zero-order chi connectivity index (χ0) is 12.3. The molecule has 1 heterocycles.